The molecule has 2 N–H and O–H groups in total. The lowest BCUT2D eigenvalue weighted by atomic mass is 10.1. The Morgan fingerprint density at radius 2 is 1.93 bits per heavy atom. The number of carbonyl (C=O) groups is 3. The van der Waals surface area contributed by atoms with Crippen molar-refractivity contribution in [1.82, 2.24) is 10.6 Å². The van der Waals surface area contributed by atoms with Crippen LogP contribution in [0.5, 0.6) is 5.75 Å². The fourth-order valence-corrected chi connectivity index (χ4v) is 3.60. The minimum atomic E-state index is -0.829. The first-order valence-electron chi connectivity index (χ1n) is 9.44. The summed E-state index contributed by atoms with van der Waals surface area (Å²) in [6, 6.07) is 6.13. The quantitative estimate of drug-likeness (QED) is 0.576. The molecule has 1 aliphatic rings. The predicted molar refractivity (Wildman–Crippen MR) is 109 cm³/mol. The summed E-state index contributed by atoms with van der Waals surface area (Å²) in [5.74, 6) is -0.247. The maximum atomic E-state index is 12.6. The first-order valence-corrected chi connectivity index (χ1v) is 10.8. The predicted octanol–water partition coefficient (Wildman–Crippen LogP) is 2.15. The van der Waals surface area contributed by atoms with Gasteiger partial charge in [-0.25, -0.2) is 4.79 Å². The highest BCUT2D eigenvalue weighted by Crippen LogP contribution is 2.18. The van der Waals surface area contributed by atoms with E-state index < -0.39 is 17.9 Å². The number of methoxy groups -OCH3 is 1. The van der Waals surface area contributed by atoms with Gasteiger partial charge in [-0.1, -0.05) is 25.0 Å². The summed E-state index contributed by atoms with van der Waals surface area (Å²) in [7, 11) is 1.48. The Morgan fingerprint density at radius 1 is 1.21 bits per heavy atom. The second kappa shape index (κ2) is 11.6. The van der Waals surface area contributed by atoms with Gasteiger partial charge in [0, 0.05) is 6.04 Å². The summed E-state index contributed by atoms with van der Waals surface area (Å²) in [5, 5.41) is 5.57. The molecular formula is C20H28N2O5S. The van der Waals surface area contributed by atoms with Gasteiger partial charge in [-0.05, 0) is 43.4 Å². The third-order valence-electron chi connectivity index (χ3n) is 4.62. The molecule has 0 unspecified atom stereocenters. The van der Waals surface area contributed by atoms with Gasteiger partial charge in [0.1, 0.15) is 11.8 Å². The van der Waals surface area contributed by atoms with Crippen molar-refractivity contribution in [1.29, 1.82) is 0 Å². The van der Waals surface area contributed by atoms with E-state index in [2.05, 4.69) is 10.6 Å². The van der Waals surface area contributed by atoms with E-state index in [0.717, 1.165) is 25.7 Å². The Balaban J connectivity index is 1.92. The third kappa shape index (κ3) is 6.74. The van der Waals surface area contributed by atoms with Gasteiger partial charge in [0.25, 0.3) is 11.8 Å². The first kappa shape index (κ1) is 22.1. The van der Waals surface area contributed by atoms with E-state index in [9.17, 15) is 14.4 Å². The topological polar surface area (TPSA) is 93.7 Å². The first-order chi connectivity index (χ1) is 13.5. The molecule has 2 rings (SSSR count). The van der Waals surface area contributed by atoms with Crippen molar-refractivity contribution in [3.8, 4) is 5.75 Å². The Bertz CT molecular complexity index is 676. The molecule has 0 aromatic heterocycles. The van der Waals surface area contributed by atoms with Crippen LogP contribution in [0.3, 0.4) is 0 Å². The van der Waals surface area contributed by atoms with E-state index in [0.29, 0.717) is 23.5 Å². The fourth-order valence-electron chi connectivity index (χ4n) is 3.13. The molecule has 2 amide bonds. The van der Waals surface area contributed by atoms with Crippen LogP contribution in [0.25, 0.3) is 0 Å². The SMILES string of the molecule is COc1ccccc1C(=O)N[C@H](CCSC)C(=O)OCC(=O)NC1CCCC1. The minimum absolute atomic E-state index is 0.170. The average molecular weight is 409 g/mol. The van der Waals surface area contributed by atoms with Crippen LogP contribution in [0.1, 0.15) is 42.5 Å². The van der Waals surface area contributed by atoms with Gasteiger partial charge in [-0.2, -0.15) is 11.8 Å². The number of benzene rings is 1. The van der Waals surface area contributed by atoms with E-state index in [-0.39, 0.29) is 18.6 Å². The number of thioether (sulfide) groups is 1. The highest BCUT2D eigenvalue weighted by atomic mass is 32.2. The minimum Gasteiger partial charge on any atom is -0.496 e. The normalized spacial score (nSPS) is 14.9. The molecule has 0 bridgehead atoms. The van der Waals surface area contributed by atoms with Gasteiger partial charge in [0.15, 0.2) is 6.61 Å². The van der Waals surface area contributed by atoms with Crippen molar-refractivity contribution in [3.63, 3.8) is 0 Å². The summed E-state index contributed by atoms with van der Waals surface area (Å²) in [5.41, 5.74) is 0.339. The van der Waals surface area contributed by atoms with E-state index in [4.69, 9.17) is 9.47 Å². The van der Waals surface area contributed by atoms with Crippen LogP contribution in [0.15, 0.2) is 24.3 Å². The highest BCUT2D eigenvalue weighted by molar-refractivity contribution is 7.98. The number of amides is 2. The van der Waals surface area contributed by atoms with Crippen molar-refractivity contribution < 1.29 is 23.9 Å². The summed E-state index contributed by atoms with van der Waals surface area (Å²) in [6.07, 6.45) is 6.47. The van der Waals surface area contributed by atoms with Gasteiger partial charge in [0.2, 0.25) is 0 Å². The Labute approximate surface area is 169 Å². The Morgan fingerprint density at radius 3 is 2.61 bits per heavy atom. The molecule has 1 aromatic rings. The van der Waals surface area contributed by atoms with Crippen molar-refractivity contribution in [2.45, 2.75) is 44.2 Å². The van der Waals surface area contributed by atoms with Crippen molar-refractivity contribution >= 4 is 29.5 Å². The molecule has 1 saturated carbocycles. The number of nitrogens with one attached hydrogen (secondary N) is 2. The van der Waals surface area contributed by atoms with Gasteiger partial charge < -0.3 is 20.1 Å². The molecule has 0 saturated heterocycles. The summed E-state index contributed by atoms with van der Waals surface area (Å²) in [4.78, 5) is 37.0. The summed E-state index contributed by atoms with van der Waals surface area (Å²) in [6.45, 7) is -0.338. The lowest BCUT2D eigenvalue weighted by Gasteiger charge is -2.18. The fraction of sp³-hybridized carbons (Fsp3) is 0.550. The number of carbonyl (C=O) groups excluding carboxylic acids is 3. The maximum absolute atomic E-state index is 12.6. The second-order valence-electron chi connectivity index (χ2n) is 6.66. The van der Waals surface area contributed by atoms with Crippen LogP contribution >= 0.6 is 11.8 Å². The zero-order chi connectivity index (χ0) is 20.4. The molecule has 0 heterocycles. The molecule has 1 atom stereocenters. The van der Waals surface area contributed by atoms with Gasteiger partial charge in [0.05, 0.1) is 12.7 Å². The second-order valence-corrected chi connectivity index (χ2v) is 7.65. The number of ether oxygens (including phenoxy) is 2. The van der Waals surface area contributed by atoms with E-state index in [1.165, 1.54) is 7.11 Å². The zero-order valence-electron chi connectivity index (χ0n) is 16.4. The molecule has 0 radical (unpaired) electrons. The smallest absolute Gasteiger partial charge is 0.329 e. The molecule has 1 aromatic carbocycles. The summed E-state index contributed by atoms with van der Waals surface area (Å²) < 4.78 is 10.4. The lowest BCUT2D eigenvalue weighted by Crippen LogP contribution is -2.44. The molecular weight excluding hydrogens is 380 g/mol. The molecule has 28 heavy (non-hydrogen) atoms. The van der Waals surface area contributed by atoms with Crippen LogP contribution < -0.4 is 15.4 Å². The van der Waals surface area contributed by atoms with Crippen LogP contribution in [-0.4, -0.2) is 55.6 Å². The highest BCUT2D eigenvalue weighted by Gasteiger charge is 2.25. The number of rotatable bonds is 10. The van der Waals surface area contributed by atoms with E-state index in [1.807, 2.05) is 6.26 Å². The number of hydrogen-bond donors (Lipinski definition) is 2. The molecule has 1 fully saturated rings. The van der Waals surface area contributed by atoms with E-state index in [1.54, 1.807) is 36.0 Å². The summed E-state index contributed by atoms with van der Waals surface area (Å²) >= 11 is 1.56. The number of esters is 1. The Kier molecular flexibility index (Phi) is 9.13. The third-order valence-corrected chi connectivity index (χ3v) is 5.26. The van der Waals surface area contributed by atoms with Crippen molar-refractivity contribution in [2.75, 3.05) is 25.7 Å². The lowest BCUT2D eigenvalue weighted by molar-refractivity contribution is -0.150. The largest absolute Gasteiger partial charge is 0.496 e. The van der Waals surface area contributed by atoms with Crippen LogP contribution in [0.2, 0.25) is 0 Å². The van der Waals surface area contributed by atoms with Crippen LogP contribution in [-0.2, 0) is 14.3 Å². The van der Waals surface area contributed by atoms with Crippen LogP contribution in [0.4, 0.5) is 0 Å². The van der Waals surface area contributed by atoms with Gasteiger partial charge in [-0.3, -0.25) is 9.59 Å². The standard InChI is InChI=1S/C20H28N2O5S/c1-26-17-10-6-5-9-15(17)19(24)22-16(11-12-28-2)20(25)27-13-18(23)21-14-7-3-4-8-14/h5-6,9-10,14,16H,3-4,7-8,11-13H2,1-2H3,(H,21,23)(H,22,24)/t16-/m1/s1. The molecule has 1 aliphatic carbocycles. The van der Waals surface area contributed by atoms with Gasteiger partial charge in [-0.15, -0.1) is 0 Å². The number of para-hydroxylation sites is 1. The van der Waals surface area contributed by atoms with Crippen molar-refractivity contribution in [2.24, 2.45) is 0 Å². The average Bonchev–Trinajstić information content (AvgIpc) is 3.21. The molecule has 0 spiro atoms. The zero-order valence-corrected chi connectivity index (χ0v) is 17.2. The number of hydrogen-bond acceptors (Lipinski definition) is 6. The Hall–Kier alpha value is -2.22. The maximum Gasteiger partial charge on any atom is 0.329 e. The van der Waals surface area contributed by atoms with E-state index >= 15 is 0 Å². The molecule has 8 heteroatoms. The molecule has 154 valence electrons. The molecule has 0 aliphatic heterocycles. The van der Waals surface area contributed by atoms with Crippen LogP contribution in [0, 0.1) is 0 Å². The van der Waals surface area contributed by atoms with Gasteiger partial charge >= 0.3 is 5.97 Å². The molecule has 7 nitrogen and oxygen atoms in total. The monoisotopic (exact) mass is 408 g/mol. The van der Waals surface area contributed by atoms with Crippen molar-refractivity contribution in [3.05, 3.63) is 29.8 Å².